The topological polar surface area (TPSA) is 89.9 Å². The van der Waals surface area contributed by atoms with E-state index in [4.69, 9.17) is 14.6 Å². The van der Waals surface area contributed by atoms with Gasteiger partial charge in [-0.2, -0.15) is 0 Å². The van der Waals surface area contributed by atoms with Crippen molar-refractivity contribution in [3.8, 4) is 11.5 Å². The average Bonchev–Trinajstić information content (AvgIpc) is 2.64. The molecule has 0 heterocycles. The Bertz CT molecular complexity index is 897. The first kappa shape index (κ1) is 16.9. The van der Waals surface area contributed by atoms with E-state index >= 15 is 0 Å². The molecule has 6 nitrogen and oxygen atoms in total. The molecule has 2 aromatic carbocycles. The van der Waals surface area contributed by atoms with E-state index < -0.39 is 12.4 Å². The third-order valence-corrected chi connectivity index (χ3v) is 4.15. The standard InChI is InChI=1S/C19H16O6/c1-24-14-5-3-4-12-16(14)19(23)17-13(18(12)22)7-10(6-11(21)9-20)8-15(17)25-2/h3-5,7-8,20H,6,9H2,1-2H3. The molecule has 0 unspecified atom stereocenters. The summed E-state index contributed by atoms with van der Waals surface area (Å²) in [6, 6.07) is 7.88. The summed E-state index contributed by atoms with van der Waals surface area (Å²) in [4.78, 5) is 37.4. The maximum absolute atomic E-state index is 13.0. The van der Waals surface area contributed by atoms with Crippen molar-refractivity contribution in [1.29, 1.82) is 0 Å². The third kappa shape index (κ3) is 2.70. The molecule has 2 aromatic rings. The number of benzene rings is 2. The molecule has 128 valence electrons. The SMILES string of the molecule is COc1cccc2c1C(=O)c1c(OC)cc(CC(=O)CO)cc1C2=O. The Balaban J connectivity index is 2.22. The van der Waals surface area contributed by atoms with Gasteiger partial charge in [-0.3, -0.25) is 14.4 Å². The number of rotatable bonds is 5. The van der Waals surface area contributed by atoms with Gasteiger partial charge in [-0.15, -0.1) is 0 Å². The van der Waals surface area contributed by atoms with Crippen LogP contribution >= 0.6 is 0 Å². The normalized spacial score (nSPS) is 12.4. The Morgan fingerprint density at radius 3 is 2.28 bits per heavy atom. The van der Waals surface area contributed by atoms with Crippen LogP contribution in [0, 0.1) is 0 Å². The molecule has 0 aliphatic heterocycles. The molecule has 1 N–H and O–H groups in total. The van der Waals surface area contributed by atoms with Crippen LogP contribution in [0.4, 0.5) is 0 Å². The molecule has 0 radical (unpaired) electrons. The number of fused-ring (bicyclic) bond motifs is 2. The monoisotopic (exact) mass is 340 g/mol. The van der Waals surface area contributed by atoms with Crippen molar-refractivity contribution in [2.24, 2.45) is 0 Å². The number of ether oxygens (including phenoxy) is 2. The van der Waals surface area contributed by atoms with Gasteiger partial charge in [0.05, 0.1) is 25.3 Å². The number of Topliss-reactive ketones (excluding diaryl/α,β-unsaturated/α-hetero) is 1. The summed E-state index contributed by atoms with van der Waals surface area (Å²) in [6.45, 7) is -0.591. The minimum absolute atomic E-state index is 0.0490. The van der Waals surface area contributed by atoms with Gasteiger partial charge in [0, 0.05) is 17.5 Å². The van der Waals surface area contributed by atoms with Gasteiger partial charge in [0.15, 0.2) is 11.6 Å². The first-order valence-corrected chi connectivity index (χ1v) is 7.61. The first-order valence-electron chi connectivity index (χ1n) is 7.61. The smallest absolute Gasteiger partial charge is 0.201 e. The number of carbonyl (C=O) groups is 3. The van der Waals surface area contributed by atoms with Gasteiger partial charge in [0.25, 0.3) is 0 Å². The molecule has 0 saturated heterocycles. The second-order valence-electron chi connectivity index (χ2n) is 5.64. The molecule has 0 bridgehead atoms. The minimum Gasteiger partial charge on any atom is -0.496 e. The predicted molar refractivity (Wildman–Crippen MR) is 88.6 cm³/mol. The number of carbonyl (C=O) groups excluding carboxylic acids is 3. The number of methoxy groups -OCH3 is 2. The van der Waals surface area contributed by atoms with Crippen LogP contribution in [0.5, 0.6) is 11.5 Å². The van der Waals surface area contributed by atoms with Crippen LogP contribution < -0.4 is 9.47 Å². The van der Waals surface area contributed by atoms with Crippen molar-refractivity contribution in [1.82, 2.24) is 0 Å². The van der Waals surface area contributed by atoms with E-state index in [-0.39, 0.29) is 46.0 Å². The largest absolute Gasteiger partial charge is 0.496 e. The zero-order valence-electron chi connectivity index (χ0n) is 13.8. The lowest BCUT2D eigenvalue weighted by molar-refractivity contribution is -0.121. The molecule has 3 rings (SSSR count). The lowest BCUT2D eigenvalue weighted by Gasteiger charge is -2.22. The van der Waals surface area contributed by atoms with Crippen LogP contribution in [0.25, 0.3) is 0 Å². The van der Waals surface area contributed by atoms with E-state index in [9.17, 15) is 14.4 Å². The Labute approximate surface area is 144 Å². The van der Waals surface area contributed by atoms with Crippen LogP contribution in [0.3, 0.4) is 0 Å². The molecule has 0 atom stereocenters. The average molecular weight is 340 g/mol. The molecular formula is C19H16O6. The summed E-state index contributed by atoms with van der Waals surface area (Å²) in [5, 5.41) is 8.93. The summed E-state index contributed by atoms with van der Waals surface area (Å²) in [7, 11) is 2.83. The lowest BCUT2D eigenvalue weighted by Crippen LogP contribution is -2.23. The van der Waals surface area contributed by atoms with Gasteiger partial charge in [0.2, 0.25) is 5.78 Å². The zero-order chi connectivity index (χ0) is 18.1. The van der Waals surface area contributed by atoms with Gasteiger partial charge in [-0.05, 0) is 23.8 Å². The highest BCUT2D eigenvalue weighted by Crippen LogP contribution is 2.37. The summed E-state index contributed by atoms with van der Waals surface area (Å²) in [5.74, 6) is -0.547. The van der Waals surface area contributed by atoms with Crippen LogP contribution in [-0.2, 0) is 11.2 Å². The number of ketones is 3. The summed E-state index contributed by atoms with van der Waals surface area (Å²) in [5.41, 5.74) is 1.31. The quantitative estimate of drug-likeness (QED) is 0.758. The number of hydrogen-bond donors (Lipinski definition) is 1. The predicted octanol–water partition coefficient (Wildman–Crippen LogP) is 1.58. The molecule has 0 amide bonds. The Morgan fingerprint density at radius 2 is 1.64 bits per heavy atom. The van der Waals surface area contributed by atoms with Crippen LogP contribution in [0.2, 0.25) is 0 Å². The van der Waals surface area contributed by atoms with Crippen LogP contribution in [0.1, 0.15) is 37.4 Å². The molecule has 0 fully saturated rings. The van der Waals surface area contributed by atoms with Crippen molar-refractivity contribution in [3.05, 3.63) is 58.1 Å². The van der Waals surface area contributed by atoms with E-state index in [1.54, 1.807) is 18.2 Å². The third-order valence-electron chi connectivity index (χ3n) is 4.15. The van der Waals surface area contributed by atoms with E-state index in [2.05, 4.69) is 0 Å². The molecule has 0 spiro atoms. The van der Waals surface area contributed by atoms with E-state index in [1.165, 1.54) is 26.4 Å². The van der Waals surface area contributed by atoms with E-state index in [0.717, 1.165) is 0 Å². The van der Waals surface area contributed by atoms with Crippen molar-refractivity contribution in [3.63, 3.8) is 0 Å². The lowest BCUT2D eigenvalue weighted by atomic mass is 9.82. The molecule has 6 heteroatoms. The van der Waals surface area contributed by atoms with Gasteiger partial charge >= 0.3 is 0 Å². The maximum atomic E-state index is 13.0. The summed E-state index contributed by atoms with van der Waals surface area (Å²) in [6.07, 6.45) is -0.0490. The summed E-state index contributed by atoms with van der Waals surface area (Å²) >= 11 is 0. The fourth-order valence-corrected chi connectivity index (χ4v) is 3.03. The molecule has 0 saturated carbocycles. The zero-order valence-corrected chi connectivity index (χ0v) is 13.8. The van der Waals surface area contributed by atoms with Crippen molar-refractivity contribution >= 4 is 17.3 Å². The number of hydrogen-bond acceptors (Lipinski definition) is 6. The van der Waals surface area contributed by atoms with E-state index in [1.807, 2.05) is 0 Å². The molecule has 1 aliphatic carbocycles. The second-order valence-corrected chi connectivity index (χ2v) is 5.64. The van der Waals surface area contributed by atoms with Crippen molar-refractivity contribution in [2.45, 2.75) is 6.42 Å². The first-order chi connectivity index (χ1) is 12.0. The minimum atomic E-state index is -0.591. The van der Waals surface area contributed by atoms with Crippen LogP contribution in [-0.4, -0.2) is 43.3 Å². The second kappa shape index (κ2) is 6.49. The Kier molecular flexibility index (Phi) is 4.37. The molecule has 0 aromatic heterocycles. The van der Waals surface area contributed by atoms with Gasteiger partial charge in [0.1, 0.15) is 18.1 Å². The highest BCUT2D eigenvalue weighted by molar-refractivity contribution is 6.30. The van der Waals surface area contributed by atoms with Gasteiger partial charge in [-0.25, -0.2) is 0 Å². The van der Waals surface area contributed by atoms with Gasteiger partial charge in [-0.1, -0.05) is 12.1 Å². The number of aliphatic hydroxyl groups excluding tert-OH is 1. The Morgan fingerprint density at radius 1 is 0.960 bits per heavy atom. The Hall–Kier alpha value is -2.99. The van der Waals surface area contributed by atoms with Gasteiger partial charge < -0.3 is 14.6 Å². The number of aliphatic hydroxyl groups is 1. The fourth-order valence-electron chi connectivity index (χ4n) is 3.03. The summed E-state index contributed by atoms with van der Waals surface area (Å²) < 4.78 is 10.5. The fraction of sp³-hybridized carbons (Fsp3) is 0.211. The van der Waals surface area contributed by atoms with Crippen molar-refractivity contribution < 1.29 is 29.0 Å². The van der Waals surface area contributed by atoms with Crippen LogP contribution in [0.15, 0.2) is 30.3 Å². The highest BCUT2D eigenvalue weighted by atomic mass is 16.5. The molecule has 25 heavy (non-hydrogen) atoms. The van der Waals surface area contributed by atoms with Crippen molar-refractivity contribution in [2.75, 3.05) is 20.8 Å². The van der Waals surface area contributed by atoms with E-state index in [0.29, 0.717) is 11.3 Å². The highest BCUT2D eigenvalue weighted by Gasteiger charge is 2.35. The maximum Gasteiger partial charge on any atom is 0.201 e. The molecule has 1 aliphatic rings. The molecular weight excluding hydrogens is 324 g/mol.